The maximum absolute atomic E-state index is 5.39. The number of aromatic nitrogens is 15. The van der Waals surface area contributed by atoms with Gasteiger partial charge in [-0.25, -0.2) is 24.9 Å². The Labute approximate surface area is 861 Å². The first-order valence-corrected chi connectivity index (χ1v) is 50.3. The fourth-order valence-corrected chi connectivity index (χ4v) is 22.3. The lowest BCUT2D eigenvalue weighted by Gasteiger charge is -2.15. The molecule has 0 aliphatic carbocycles. The Bertz CT molecular complexity index is 9330. The van der Waals surface area contributed by atoms with Gasteiger partial charge in [-0.3, -0.25) is 38.2 Å². The van der Waals surface area contributed by atoms with Crippen LogP contribution in [0.25, 0.3) is 267 Å². The minimum atomic E-state index is 0.786. The monoisotopic (exact) mass is 1920 g/mol. The van der Waals surface area contributed by atoms with Gasteiger partial charge in [-0.15, -0.1) is 0 Å². The zero-order valence-electron chi connectivity index (χ0n) is 80.9. The Morgan fingerprint density at radius 1 is 0.133 bits per heavy atom. The number of nitrogens with zero attached hydrogens (tertiary/aromatic N) is 15. The van der Waals surface area contributed by atoms with Crippen molar-refractivity contribution in [2.24, 2.45) is 0 Å². The lowest BCUT2D eigenvalue weighted by Crippen LogP contribution is -2.01. The first kappa shape index (κ1) is 87.3. The van der Waals surface area contributed by atoms with E-state index in [0.29, 0.717) is 0 Å². The molecule has 15 heterocycles. The van der Waals surface area contributed by atoms with Gasteiger partial charge >= 0.3 is 0 Å². The summed E-state index contributed by atoms with van der Waals surface area (Å²) in [5.74, 6) is 0.882. The van der Waals surface area contributed by atoms with E-state index in [0.717, 1.165) is 218 Å². The summed E-state index contributed by atoms with van der Waals surface area (Å²) in [5.41, 5.74) is 36.5. The van der Waals surface area contributed by atoms with Crippen molar-refractivity contribution >= 4 is 131 Å². The first-order valence-electron chi connectivity index (χ1n) is 50.3. The molecule has 15 heteroatoms. The van der Waals surface area contributed by atoms with Crippen molar-refractivity contribution in [3.05, 3.63) is 529 Å². The van der Waals surface area contributed by atoms with E-state index in [1.54, 1.807) is 0 Å². The van der Waals surface area contributed by atoms with Crippen LogP contribution in [-0.4, -0.2) is 72.3 Å². The molecule has 0 amide bonds. The van der Waals surface area contributed by atoms with Crippen LogP contribution in [0.4, 0.5) is 0 Å². The number of pyridine rings is 9. The Morgan fingerprint density at radius 2 is 0.447 bits per heavy atom. The number of rotatable bonds is 15. The third kappa shape index (κ3) is 15.2. The molecule has 0 fully saturated rings. The molecule has 0 N–H and O–H groups in total. The summed E-state index contributed by atoms with van der Waals surface area (Å²) < 4.78 is 14.0. The number of hydrogen-bond donors (Lipinski definition) is 0. The second kappa shape index (κ2) is 37.0. The smallest absolute Gasteiger partial charge is 0.145 e. The molecular weight excluding hydrogens is 1830 g/mol. The summed E-state index contributed by atoms with van der Waals surface area (Å²) in [7, 11) is 0. The van der Waals surface area contributed by atoms with E-state index in [1.165, 1.54) is 48.5 Å². The van der Waals surface area contributed by atoms with Gasteiger partial charge in [-0.05, 0) is 228 Å². The van der Waals surface area contributed by atoms with E-state index in [-0.39, 0.29) is 0 Å². The lowest BCUT2D eigenvalue weighted by atomic mass is 10.00. The minimum absolute atomic E-state index is 0.786. The maximum Gasteiger partial charge on any atom is 0.145 e. The largest absolute Gasteiger partial charge is 0.309 e. The molecule has 0 unspecified atom stereocenters. The fraction of sp³-hybridized carbons (Fsp3) is 0. The van der Waals surface area contributed by atoms with Crippen LogP contribution >= 0.6 is 0 Å². The van der Waals surface area contributed by atoms with Crippen LogP contribution in [-0.2, 0) is 0 Å². The molecule has 0 spiro atoms. The summed E-state index contributed by atoms with van der Waals surface area (Å²) in [6, 6.07) is 171. The highest BCUT2D eigenvalue weighted by Gasteiger charge is 2.28. The van der Waals surface area contributed by atoms with Gasteiger partial charge in [0, 0.05) is 164 Å². The first-order chi connectivity index (χ1) is 74.4. The van der Waals surface area contributed by atoms with Crippen molar-refractivity contribution in [2.75, 3.05) is 0 Å². The molecule has 15 nitrogen and oxygen atoms in total. The Balaban J connectivity index is 0.000000108. The van der Waals surface area contributed by atoms with Crippen LogP contribution in [0.3, 0.4) is 0 Å². The second-order valence-electron chi connectivity index (χ2n) is 37.6. The standard InChI is InChI=1S/C46H30N4.C45H29N5.C44H28N6/c1-4-14-31(15-5-1)34-28-41(32-16-6-2-7-17-32)48-44(30-34)50-42-24-11-10-20-37(42)39-22-12-21-36(45(39)50)33-25-26-38-40-23-13-27-47-46(40)49(43(38)29-33)35-18-8-3-9-19-35;1-2-12-33(13-3-1)50-43-29-30(21-22-37(43)39-17-11-25-48-45(39)50)35-15-10-16-38-36-14-4-5-20-42(36)49(44(35)38)34-27-31(40-18-6-8-23-46-40)26-32(28-34)41-19-7-9-24-47-41;1-2-12-30(13-3-1)50-42-26-29(21-22-34(42)36-17-11-25-47-44(36)50)32-15-10-16-35-33-14-4-5-20-41(33)49(43(32)35)31-27-39(37-18-6-8-23-45-37)48-40(28-31)38-19-7-9-24-46-38/h1-30H;1-29H;1-28H. The SMILES string of the molecule is c1ccc(-c2cc(-c3ccccc3)nc(-n3c4ccccc4c4cccc(-c5ccc6c7cccnc7n(-c7ccccc7)c6c5)c43)c2)cc1.c1ccc(-n2c3cc(-c4cccc5c6ccccc6n(-c6cc(-c7ccccn7)cc(-c7ccccn7)c6)c45)ccc3c3cccnc32)cc1.c1ccc(-n2c3cc(-c4cccc5c6ccccc6n(-c6cc(-c7ccccn7)nc(-c7ccccn7)c6)c45)ccc3c3cccnc32)cc1. The third-order valence-electron chi connectivity index (χ3n) is 28.9. The van der Waals surface area contributed by atoms with Crippen LogP contribution < -0.4 is 0 Å². The highest BCUT2D eigenvalue weighted by Crippen LogP contribution is 2.48. The maximum atomic E-state index is 5.39. The van der Waals surface area contributed by atoms with Crippen molar-refractivity contribution in [3.8, 4) is 135 Å². The fourth-order valence-electron chi connectivity index (χ4n) is 22.3. The molecule has 30 rings (SSSR count). The molecular formula is C135H87N15. The normalized spacial score (nSPS) is 11.6. The number of fused-ring (bicyclic) bond motifs is 18. The Morgan fingerprint density at radius 3 is 0.833 bits per heavy atom. The minimum Gasteiger partial charge on any atom is -0.309 e. The number of hydrogen-bond acceptors (Lipinski definition) is 9. The van der Waals surface area contributed by atoms with Crippen LogP contribution in [0.1, 0.15) is 0 Å². The number of benzene rings is 15. The molecule has 0 atom stereocenters. The third-order valence-corrected chi connectivity index (χ3v) is 28.9. The molecule has 0 aliphatic heterocycles. The lowest BCUT2D eigenvalue weighted by molar-refractivity contribution is 1.08. The van der Waals surface area contributed by atoms with Gasteiger partial charge in [0.2, 0.25) is 0 Å². The van der Waals surface area contributed by atoms with E-state index < -0.39 is 0 Å². The molecule has 0 saturated heterocycles. The molecule has 0 radical (unpaired) electrons. The van der Waals surface area contributed by atoms with E-state index in [2.05, 4.69) is 438 Å². The molecule has 0 aliphatic rings. The van der Waals surface area contributed by atoms with Gasteiger partial charge in [0.15, 0.2) is 0 Å². The quantitative estimate of drug-likeness (QED) is 0.0979. The predicted molar refractivity (Wildman–Crippen MR) is 614 cm³/mol. The van der Waals surface area contributed by atoms with Crippen LogP contribution in [0.2, 0.25) is 0 Å². The van der Waals surface area contributed by atoms with Gasteiger partial charge < -0.3 is 9.13 Å². The molecule has 0 saturated carbocycles. The summed E-state index contributed by atoms with van der Waals surface area (Å²) in [6.07, 6.45) is 12.9. The molecule has 15 aromatic carbocycles. The van der Waals surface area contributed by atoms with Crippen LogP contribution in [0, 0.1) is 0 Å². The molecule has 150 heavy (non-hydrogen) atoms. The van der Waals surface area contributed by atoms with Gasteiger partial charge in [0.1, 0.15) is 22.8 Å². The van der Waals surface area contributed by atoms with E-state index in [4.69, 9.17) is 34.9 Å². The average molecular weight is 1920 g/mol. The molecule has 0 bridgehead atoms. The molecule has 30 aromatic rings. The van der Waals surface area contributed by atoms with Gasteiger partial charge in [0.25, 0.3) is 0 Å². The van der Waals surface area contributed by atoms with Gasteiger partial charge in [0.05, 0.1) is 95.2 Å². The number of para-hydroxylation sites is 9. The van der Waals surface area contributed by atoms with Gasteiger partial charge in [-0.1, -0.05) is 285 Å². The van der Waals surface area contributed by atoms with Crippen molar-refractivity contribution in [1.29, 1.82) is 0 Å². The highest BCUT2D eigenvalue weighted by molar-refractivity contribution is 6.20. The summed E-state index contributed by atoms with van der Waals surface area (Å²) >= 11 is 0. The second-order valence-corrected chi connectivity index (χ2v) is 37.6. The topological polar surface area (TPSA) is 146 Å². The Hall–Kier alpha value is -20.6. The Kier molecular flexibility index (Phi) is 21.5. The van der Waals surface area contributed by atoms with E-state index in [1.807, 2.05) is 128 Å². The zero-order chi connectivity index (χ0) is 99.1. The summed E-state index contributed by atoms with van der Waals surface area (Å²) in [6.45, 7) is 0. The average Bonchev–Trinajstić information content (AvgIpc) is 1.57. The van der Waals surface area contributed by atoms with Crippen LogP contribution in [0.5, 0.6) is 0 Å². The van der Waals surface area contributed by atoms with Gasteiger partial charge in [-0.2, -0.15) is 0 Å². The van der Waals surface area contributed by atoms with Crippen LogP contribution in [0.15, 0.2) is 529 Å². The summed E-state index contributed by atoms with van der Waals surface area (Å²) in [4.78, 5) is 43.8. The van der Waals surface area contributed by atoms with Crippen molar-refractivity contribution in [1.82, 2.24) is 72.3 Å². The van der Waals surface area contributed by atoms with Crippen molar-refractivity contribution in [3.63, 3.8) is 0 Å². The van der Waals surface area contributed by atoms with Crippen molar-refractivity contribution < 1.29 is 0 Å². The zero-order valence-corrected chi connectivity index (χ0v) is 80.9. The highest BCUT2D eigenvalue weighted by atomic mass is 15.1. The van der Waals surface area contributed by atoms with Crippen molar-refractivity contribution in [2.45, 2.75) is 0 Å². The predicted octanol–water partition coefficient (Wildman–Crippen LogP) is 33.2. The van der Waals surface area contributed by atoms with E-state index >= 15 is 0 Å². The molecule has 15 aromatic heterocycles. The summed E-state index contributed by atoms with van der Waals surface area (Å²) in [5, 5.41) is 14.1. The van der Waals surface area contributed by atoms with E-state index in [9.17, 15) is 0 Å². The molecule has 702 valence electrons.